The van der Waals surface area contributed by atoms with Crippen LogP contribution in [0.3, 0.4) is 0 Å². The molecule has 2 aliphatic rings. The maximum Gasteiger partial charge on any atom is 0.416 e. The van der Waals surface area contributed by atoms with Crippen LogP contribution >= 0.6 is 12.2 Å². The second-order valence-electron chi connectivity index (χ2n) is 9.12. The smallest absolute Gasteiger partial charge is 0.416 e. The molecule has 0 bridgehead atoms. The van der Waals surface area contributed by atoms with Gasteiger partial charge in [0.2, 0.25) is 0 Å². The lowest BCUT2D eigenvalue weighted by molar-refractivity contribution is -0.137. The quantitative estimate of drug-likeness (QED) is 0.558. The van der Waals surface area contributed by atoms with Crippen LogP contribution in [0.15, 0.2) is 42.5 Å². The molecule has 1 aliphatic heterocycles. The van der Waals surface area contributed by atoms with E-state index in [1.807, 2.05) is 6.07 Å². The molecule has 184 valence electrons. The minimum absolute atomic E-state index is 0.0164. The zero-order valence-corrected chi connectivity index (χ0v) is 20.4. The van der Waals surface area contributed by atoms with Gasteiger partial charge in [-0.05, 0) is 87.4 Å². The van der Waals surface area contributed by atoms with Gasteiger partial charge in [0, 0.05) is 23.2 Å². The molecule has 5 nitrogen and oxygen atoms in total. The van der Waals surface area contributed by atoms with Gasteiger partial charge in [0.1, 0.15) is 0 Å². The molecule has 1 saturated heterocycles. The molecule has 0 radical (unpaired) electrons. The van der Waals surface area contributed by atoms with Crippen molar-refractivity contribution in [1.82, 2.24) is 10.2 Å². The van der Waals surface area contributed by atoms with E-state index in [1.54, 1.807) is 20.3 Å². The average molecular weight is 494 g/mol. The van der Waals surface area contributed by atoms with E-state index in [1.165, 1.54) is 11.6 Å². The largest absolute Gasteiger partial charge is 0.493 e. The standard InChI is InChI=1S/C25H30F3N3O2S/c1-31-12-11-24(16-7-8-20(32-2)21(14-16)33-3)10-9-19(15-22(24)31)30-23(34)29-18-6-4-5-17(13-18)25(26,27)28/h4-8,13-14,19,22H,9-12,15H2,1-3H3,(H2,29,30,34)/t19-,22+,24-/m0/s1. The van der Waals surface area contributed by atoms with Crippen LogP contribution in [-0.4, -0.2) is 49.9 Å². The highest BCUT2D eigenvalue weighted by molar-refractivity contribution is 7.80. The summed E-state index contributed by atoms with van der Waals surface area (Å²) in [5.41, 5.74) is 0.886. The van der Waals surface area contributed by atoms with Crippen molar-refractivity contribution >= 4 is 23.0 Å². The van der Waals surface area contributed by atoms with Crippen LogP contribution in [0.25, 0.3) is 0 Å². The van der Waals surface area contributed by atoms with Crippen molar-refractivity contribution in [2.45, 2.75) is 49.4 Å². The number of thiocarbonyl (C=S) groups is 1. The molecule has 0 spiro atoms. The minimum atomic E-state index is -4.39. The van der Waals surface area contributed by atoms with E-state index >= 15 is 0 Å². The van der Waals surface area contributed by atoms with Crippen LogP contribution in [0.5, 0.6) is 11.5 Å². The maximum absolute atomic E-state index is 13.0. The molecule has 0 amide bonds. The highest BCUT2D eigenvalue weighted by Crippen LogP contribution is 2.49. The molecule has 9 heteroatoms. The molecule has 2 aromatic carbocycles. The lowest BCUT2D eigenvalue weighted by Gasteiger charge is -2.45. The number of ether oxygens (including phenoxy) is 2. The minimum Gasteiger partial charge on any atom is -0.493 e. The molecule has 1 aliphatic carbocycles. The summed E-state index contributed by atoms with van der Waals surface area (Å²) < 4.78 is 50.0. The number of anilines is 1. The topological polar surface area (TPSA) is 45.8 Å². The van der Waals surface area contributed by atoms with Gasteiger partial charge in [-0.2, -0.15) is 13.2 Å². The molecule has 2 aromatic rings. The molecule has 34 heavy (non-hydrogen) atoms. The number of nitrogens with one attached hydrogen (secondary N) is 2. The van der Waals surface area contributed by atoms with Gasteiger partial charge in [0.15, 0.2) is 16.6 Å². The Morgan fingerprint density at radius 2 is 1.85 bits per heavy atom. The Bertz CT molecular complexity index is 1050. The molecule has 0 aromatic heterocycles. The number of nitrogens with zero attached hydrogens (tertiary/aromatic N) is 1. The Labute approximate surface area is 203 Å². The highest BCUT2D eigenvalue weighted by atomic mass is 32.1. The molecule has 0 unspecified atom stereocenters. The number of halogens is 3. The van der Waals surface area contributed by atoms with Crippen molar-refractivity contribution in [2.24, 2.45) is 0 Å². The summed E-state index contributed by atoms with van der Waals surface area (Å²) in [5.74, 6) is 1.45. The Morgan fingerprint density at radius 3 is 2.56 bits per heavy atom. The first-order chi connectivity index (χ1) is 16.2. The third-order valence-corrected chi connectivity index (χ3v) is 7.49. The molecule has 3 atom stereocenters. The van der Waals surface area contributed by atoms with E-state index < -0.39 is 11.7 Å². The first-order valence-corrected chi connectivity index (χ1v) is 11.7. The third kappa shape index (κ3) is 4.81. The monoisotopic (exact) mass is 493 g/mol. The Kier molecular flexibility index (Phi) is 6.96. The second-order valence-corrected chi connectivity index (χ2v) is 9.53. The normalized spacial score (nSPS) is 24.9. The second kappa shape index (κ2) is 9.62. The van der Waals surface area contributed by atoms with Crippen molar-refractivity contribution in [3.05, 3.63) is 53.6 Å². The molecule has 1 heterocycles. The van der Waals surface area contributed by atoms with Crippen molar-refractivity contribution in [2.75, 3.05) is 33.1 Å². The van der Waals surface area contributed by atoms with Crippen LogP contribution < -0.4 is 20.1 Å². The van der Waals surface area contributed by atoms with E-state index in [-0.39, 0.29) is 11.5 Å². The number of methoxy groups -OCH3 is 2. The predicted molar refractivity (Wildman–Crippen MR) is 131 cm³/mol. The van der Waals surface area contributed by atoms with Gasteiger partial charge in [0.05, 0.1) is 19.8 Å². The summed E-state index contributed by atoms with van der Waals surface area (Å²) in [7, 11) is 5.43. The summed E-state index contributed by atoms with van der Waals surface area (Å²) in [5, 5.41) is 6.59. The number of hydrogen-bond acceptors (Lipinski definition) is 4. The fourth-order valence-electron chi connectivity index (χ4n) is 5.52. The number of likely N-dealkylation sites (N-methyl/N-ethyl adjacent to an activating group) is 1. The van der Waals surface area contributed by atoms with E-state index in [0.29, 0.717) is 22.6 Å². The summed E-state index contributed by atoms with van der Waals surface area (Å²) in [4.78, 5) is 2.40. The summed E-state index contributed by atoms with van der Waals surface area (Å²) >= 11 is 5.44. The SMILES string of the molecule is COc1ccc([C@@]23CC[C@H](NC(=S)Nc4cccc(C(F)(F)F)c4)C[C@H]2N(C)CC3)cc1OC. The highest BCUT2D eigenvalue weighted by Gasteiger charge is 2.50. The summed E-state index contributed by atoms with van der Waals surface area (Å²) in [6.07, 6.45) is -0.570. The molecule has 2 N–H and O–H groups in total. The summed E-state index contributed by atoms with van der Waals surface area (Å²) in [6, 6.07) is 11.7. The van der Waals surface area contributed by atoms with E-state index in [4.69, 9.17) is 21.7 Å². The van der Waals surface area contributed by atoms with E-state index in [0.717, 1.165) is 50.1 Å². The lowest BCUT2D eigenvalue weighted by Crippen LogP contribution is -2.52. The van der Waals surface area contributed by atoms with Crippen LogP contribution in [0.4, 0.5) is 18.9 Å². The molecule has 2 fully saturated rings. The number of alkyl halides is 3. The number of likely N-dealkylation sites (tertiary alicyclic amines) is 1. The van der Waals surface area contributed by atoms with Crippen molar-refractivity contribution < 1.29 is 22.6 Å². The number of rotatable bonds is 5. The average Bonchev–Trinajstić information content (AvgIpc) is 3.15. The molecular weight excluding hydrogens is 463 g/mol. The zero-order chi connectivity index (χ0) is 24.5. The van der Waals surface area contributed by atoms with Crippen LogP contribution in [0.1, 0.15) is 36.8 Å². The van der Waals surface area contributed by atoms with E-state index in [2.05, 4.69) is 34.7 Å². The molecule has 4 rings (SSSR count). The predicted octanol–water partition coefficient (Wildman–Crippen LogP) is 5.20. The number of benzene rings is 2. The zero-order valence-electron chi connectivity index (χ0n) is 19.5. The van der Waals surface area contributed by atoms with Crippen molar-refractivity contribution in [1.29, 1.82) is 0 Å². The Hall–Kier alpha value is -2.52. The van der Waals surface area contributed by atoms with Crippen molar-refractivity contribution in [3.8, 4) is 11.5 Å². The molecular formula is C25H30F3N3O2S. The van der Waals surface area contributed by atoms with Gasteiger partial charge in [0.25, 0.3) is 0 Å². The van der Waals surface area contributed by atoms with Gasteiger partial charge < -0.3 is 25.0 Å². The Balaban J connectivity index is 1.46. The van der Waals surface area contributed by atoms with Gasteiger partial charge >= 0.3 is 6.18 Å². The molecule has 1 saturated carbocycles. The Morgan fingerprint density at radius 1 is 1.09 bits per heavy atom. The summed E-state index contributed by atoms with van der Waals surface area (Å²) in [6.45, 7) is 0.999. The number of fused-ring (bicyclic) bond motifs is 1. The van der Waals surface area contributed by atoms with E-state index in [9.17, 15) is 13.2 Å². The van der Waals surface area contributed by atoms with Crippen molar-refractivity contribution in [3.63, 3.8) is 0 Å². The van der Waals surface area contributed by atoms with Gasteiger partial charge in [-0.25, -0.2) is 0 Å². The van der Waals surface area contributed by atoms with Crippen LogP contribution in [0.2, 0.25) is 0 Å². The number of hydrogen-bond donors (Lipinski definition) is 2. The van der Waals surface area contributed by atoms with Gasteiger partial charge in [-0.15, -0.1) is 0 Å². The first-order valence-electron chi connectivity index (χ1n) is 11.3. The maximum atomic E-state index is 13.0. The lowest BCUT2D eigenvalue weighted by atomic mass is 9.65. The van der Waals surface area contributed by atoms with Gasteiger partial charge in [-0.3, -0.25) is 0 Å². The fraction of sp³-hybridized carbons (Fsp3) is 0.480. The van der Waals surface area contributed by atoms with Gasteiger partial charge in [-0.1, -0.05) is 12.1 Å². The third-order valence-electron chi connectivity index (χ3n) is 7.27. The van der Waals surface area contributed by atoms with Crippen LogP contribution in [0, 0.1) is 0 Å². The fourth-order valence-corrected chi connectivity index (χ4v) is 5.80. The van der Waals surface area contributed by atoms with Crippen LogP contribution in [-0.2, 0) is 11.6 Å². The first kappa shape index (κ1) is 24.6.